The first-order valence-corrected chi connectivity index (χ1v) is 5.31. The average molecular weight is 254 g/mol. The molecule has 0 aromatic heterocycles. The van der Waals surface area contributed by atoms with E-state index in [0.717, 1.165) is 0 Å². The van der Waals surface area contributed by atoms with Crippen LogP contribution in [0.3, 0.4) is 0 Å². The maximum absolute atomic E-state index is 13.2. The standard InChI is InChI=1S/C10H10F4OS/c11-9(12,6-7-15)10(13,14)16-8-4-2-1-3-5-8/h1-5,15H,6-7H2. The minimum atomic E-state index is -4.23. The average Bonchev–Trinajstić information content (AvgIpc) is 2.18. The summed E-state index contributed by atoms with van der Waals surface area (Å²) in [6, 6.07) is 7.24. The summed E-state index contributed by atoms with van der Waals surface area (Å²) in [6.07, 6.45) is -1.25. The smallest absolute Gasteiger partial charge is 0.360 e. The van der Waals surface area contributed by atoms with E-state index in [0.29, 0.717) is 0 Å². The van der Waals surface area contributed by atoms with E-state index in [1.807, 2.05) is 0 Å². The van der Waals surface area contributed by atoms with Gasteiger partial charge in [-0.3, -0.25) is 0 Å². The van der Waals surface area contributed by atoms with Gasteiger partial charge in [0.1, 0.15) is 0 Å². The molecule has 90 valence electrons. The van der Waals surface area contributed by atoms with Gasteiger partial charge in [-0.25, -0.2) is 0 Å². The van der Waals surface area contributed by atoms with Gasteiger partial charge in [0.05, 0.1) is 0 Å². The van der Waals surface area contributed by atoms with Gasteiger partial charge in [-0.2, -0.15) is 17.6 Å². The van der Waals surface area contributed by atoms with Gasteiger partial charge in [0.25, 0.3) is 0 Å². The predicted molar refractivity (Wildman–Crippen MR) is 53.9 cm³/mol. The van der Waals surface area contributed by atoms with E-state index in [-0.39, 0.29) is 16.7 Å². The first kappa shape index (κ1) is 13.3. The number of aliphatic hydroxyl groups excluding tert-OH is 1. The predicted octanol–water partition coefficient (Wildman–Crippen LogP) is 3.39. The van der Waals surface area contributed by atoms with Crippen molar-refractivity contribution in [1.82, 2.24) is 0 Å². The van der Waals surface area contributed by atoms with E-state index in [4.69, 9.17) is 5.11 Å². The van der Waals surface area contributed by atoms with Crippen molar-refractivity contribution >= 4 is 11.8 Å². The Morgan fingerprint density at radius 1 is 1.06 bits per heavy atom. The largest absolute Gasteiger partial charge is 0.396 e. The summed E-state index contributed by atoms with van der Waals surface area (Å²) in [5, 5.41) is 4.08. The molecule has 6 heteroatoms. The number of thioether (sulfide) groups is 1. The lowest BCUT2D eigenvalue weighted by Gasteiger charge is -2.25. The van der Waals surface area contributed by atoms with Crippen molar-refractivity contribution in [2.75, 3.05) is 6.61 Å². The first-order chi connectivity index (χ1) is 7.39. The van der Waals surface area contributed by atoms with Gasteiger partial charge in [-0.05, 0) is 23.9 Å². The molecule has 0 bridgehead atoms. The highest BCUT2D eigenvalue weighted by Crippen LogP contribution is 2.48. The zero-order valence-electron chi connectivity index (χ0n) is 8.17. The number of hydrogen-bond acceptors (Lipinski definition) is 2. The molecule has 0 fully saturated rings. The number of alkyl halides is 4. The Morgan fingerprint density at radius 3 is 2.12 bits per heavy atom. The van der Waals surface area contributed by atoms with Crippen LogP contribution in [-0.4, -0.2) is 22.9 Å². The quantitative estimate of drug-likeness (QED) is 0.642. The highest BCUT2D eigenvalue weighted by molar-refractivity contribution is 8.00. The van der Waals surface area contributed by atoms with Crippen molar-refractivity contribution in [2.24, 2.45) is 0 Å². The van der Waals surface area contributed by atoms with Crippen LogP contribution in [0.5, 0.6) is 0 Å². The summed E-state index contributed by atoms with van der Waals surface area (Å²) >= 11 is -0.202. The normalized spacial score (nSPS) is 12.8. The van der Waals surface area contributed by atoms with Gasteiger partial charge in [0.15, 0.2) is 0 Å². The zero-order chi connectivity index (χ0) is 12.2. The Morgan fingerprint density at radius 2 is 1.62 bits per heavy atom. The lowest BCUT2D eigenvalue weighted by Crippen LogP contribution is -2.38. The fourth-order valence-corrected chi connectivity index (χ4v) is 1.84. The molecule has 0 aliphatic rings. The van der Waals surface area contributed by atoms with Crippen molar-refractivity contribution < 1.29 is 22.7 Å². The Hall–Kier alpha value is -0.750. The van der Waals surface area contributed by atoms with Crippen molar-refractivity contribution in [1.29, 1.82) is 0 Å². The molecule has 1 N–H and O–H groups in total. The minimum Gasteiger partial charge on any atom is -0.396 e. The van der Waals surface area contributed by atoms with Crippen LogP contribution >= 0.6 is 11.8 Å². The first-order valence-electron chi connectivity index (χ1n) is 4.49. The molecule has 16 heavy (non-hydrogen) atoms. The van der Waals surface area contributed by atoms with Gasteiger partial charge < -0.3 is 5.11 Å². The third-order valence-corrected chi connectivity index (χ3v) is 2.90. The topological polar surface area (TPSA) is 20.2 Å². The van der Waals surface area contributed by atoms with E-state index in [1.54, 1.807) is 6.07 Å². The molecule has 0 aliphatic heterocycles. The minimum absolute atomic E-state index is 0.0603. The molecule has 0 aliphatic carbocycles. The van der Waals surface area contributed by atoms with Crippen molar-refractivity contribution in [3.05, 3.63) is 30.3 Å². The SMILES string of the molecule is OCCC(F)(F)C(F)(F)Sc1ccccc1. The molecule has 0 saturated heterocycles. The van der Waals surface area contributed by atoms with Gasteiger partial charge in [-0.1, -0.05) is 18.2 Å². The van der Waals surface area contributed by atoms with Gasteiger partial charge in [0, 0.05) is 17.9 Å². The Labute approximate surface area is 94.5 Å². The molecule has 0 spiro atoms. The van der Waals surface area contributed by atoms with E-state index >= 15 is 0 Å². The molecular formula is C10H10F4OS. The van der Waals surface area contributed by atoms with Gasteiger partial charge in [-0.15, -0.1) is 0 Å². The fourth-order valence-electron chi connectivity index (χ4n) is 0.997. The molecule has 0 unspecified atom stereocenters. The molecule has 1 nitrogen and oxygen atoms in total. The van der Waals surface area contributed by atoms with Gasteiger partial charge >= 0.3 is 11.2 Å². The second-order valence-corrected chi connectivity index (χ2v) is 4.30. The lowest BCUT2D eigenvalue weighted by molar-refractivity contribution is -0.160. The lowest BCUT2D eigenvalue weighted by atomic mass is 10.2. The van der Waals surface area contributed by atoms with E-state index in [2.05, 4.69) is 0 Å². The van der Waals surface area contributed by atoms with Gasteiger partial charge in [0.2, 0.25) is 0 Å². The Balaban J connectivity index is 2.78. The third kappa shape index (κ3) is 3.12. The van der Waals surface area contributed by atoms with Crippen LogP contribution < -0.4 is 0 Å². The summed E-state index contributed by atoms with van der Waals surface area (Å²) in [4.78, 5) is 0.0603. The molecule has 1 aromatic carbocycles. The van der Waals surface area contributed by atoms with Crippen LogP contribution in [-0.2, 0) is 0 Å². The summed E-state index contributed by atoms with van der Waals surface area (Å²) in [5.41, 5.74) is 0. The maximum Gasteiger partial charge on any atom is 0.360 e. The zero-order valence-corrected chi connectivity index (χ0v) is 8.98. The summed E-state index contributed by atoms with van der Waals surface area (Å²) in [6.45, 7) is -0.974. The monoisotopic (exact) mass is 254 g/mol. The molecule has 0 heterocycles. The van der Waals surface area contributed by atoms with Crippen LogP contribution in [0.25, 0.3) is 0 Å². The number of hydrogen-bond donors (Lipinski definition) is 1. The van der Waals surface area contributed by atoms with Crippen LogP contribution in [0.2, 0.25) is 0 Å². The van der Waals surface area contributed by atoms with Crippen molar-refractivity contribution in [3.8, 4) is 0 Å². The molecule has 0 amide bonds. The van der Waals surface area contributed by atoms with Crippen LogP contribution in [0, 0.1) is 0 Å². The molecule has 0 atom stereocenters. The third-order valence-electron chi connectivity index (χ3n) is 1.84. The molecule has 1 aromatic rings. The summed E-state index contributed by atoms with van der Waals surface area (Å²) in [5.74, 6) is -4.22. The van der Waals surface area contributed by atoms with Crippen molar-refractivity contribution in [2.45, 2.75) is 22.5 Å². The number of rotatable bonds is 5. The van der Waals surface area contributed by atoms with E-state index < -0.39 is 24.2 Å². The van der Waals surface area contributed by atoms with Crippen LogP contribution in [0.15, 0.2) is 35.2 Å². The van der Waals surface area contributed by atoms with E-state index in [9.17, 15) is 17.6 Å². The Bertz CT molecular complexity index is 329. The van der Waals surface area contributed by atoms with Crippen molar-refractivity contribution in [3.63, 3.8) is 0 Å². The van der Waals surface area contributed by atoms with Crippen LogP contribution in [0.4, 0.5) is 17.6 Å². The summed E-state index contributed by atoms with van der Waals surface area (Å²) < 4.78 is 52.3. The molecule has 1 rings (SSSR count). The maximum atomic E-state index is 13.2. The number of benzene rings is 1. The number of aliphatic hydroxyl groups is 1. The molecule has 0 saturated carbocycles. The van der Waals surface area contributed by atoms with Crippen LogP contribution in [0.1, 0.15) is 6.42 Å². The number of halogens is 4. The molecule has 0 radical (unpaired) electrons. The highest BCUT2D eigenvalue weighted by atomic mass is 32.2. The fraction of sp³-hybridized carbons (Fsp3) is 0.400. The van der Waals surface area contributed by atoms with E-state index in [1.165, 1.54) is 24.3 Å². The highest BCUT2D eigenvalue weighted by Gasteiger charge is 2.56. The second-order valence-electron chi connectivity index (χ2n) is 3.11. The Kier molecular flexibility index (Phi) is 4.21. The molecular weight excluding hydrogens is 244 g/mol. The summed E-state index contributed by atoms with van der Waals surface area (Å²) in [7, 11) is 0. The second kappa shape index (κ2) is 5.05.